The van der Waals surface area contributed by atoms with E-state index in [-0.39, 0.29) is 22.9 Å². The fourth-order valence-electron chi connectivity index (χ4n) is 5.61. The van der Waals surface area contributed by atoms with Crippen LogP contribution in [0.4, 0.5) is 10.7 Å². The lowest BCUT2D eigenvalue weighted by atomic mass is 10.0. The molecule has 0 saturated heterocycles. The predicted molar refractivity (Wildman–Crippen MR) is 168 cm³/mol. The highest BCUT2D eigenvalue weighted by Gasteiger charge is 2.30. The van der Waals surface area contributed by atoms with Gasteiger partial charge < -0.3 is 11.1 Å². The van der Waals surface area contributed by atoms with Gasteiger partial charge in [0.15, 0.2) is 0 Å². The van der Waals surface area contributed by atoms with Gasteiger partial charge in [0.25, 0.3) is 21.8 Å². The molecule has 4 aromatic rings. The van der Waals surface area contributed by atoms with Gasteiger partial charge in [-0.15, -0.1) is 23.7 Å². The summed E-state index contributed by atoms with van der Waals surface area (Å²) in [4.78, 5) is 29.1. The molecule has 11 heteroatoms. The summed E-state index contributed by atoms with van der Waals surface area (Å²) in [6.45, 7) is 2.65. The number of carbonyl (C=O) groups excluding carboxylic acids is 2. The van der Waals surface area contributed by atoms with E-state index in [9.17, 15) is 18.0 Å². The third-order valence-electron chi connectivity index (χ3n) is 7.63. The van der Waals surface area contributed by atoms with Crippen molar-refractivity contribution in [1.82, 2.24) is 4.90 Å². The van der Waals surface area contributed by atoms with E-state index in [1.807, 2.05) is 42.5 Å². The number of nitrogens with zero attached hydrogens (tertiary/aromatic N) is 2. The maximum Gasteiger partial charge on any atom is 0.264 e. The molecule has 0 spiro atoms. The van der Waals surface area contributed by atoms with Gasteiger partial charge in [0.05, 0.1) is 16.1 Å². The fourth-order valence-corrected chi connectivity index (χ4v) is 8.44. The second kappa shape index (κ2) is 12.3. The largest absolute Gasteiger partial charge is 0.365 e. The Morgan fingerprint density at radius 2 is 1.62 bits per heavy atom. The first kappa shape index (κ1) is 29.8. The zero-order valence-corrected chi connectivity index (χ0v) is 25.2. The molecule has 2 aliphatic heterocycles. The number of anilines is 2. The number of nitrogens with two attached hydrogens (primary N) is 1. The summed E-state index contributed by atoms with van der Waals surface area (Å²) < 4.78 is 28.4. The second-order valence-corrected chi connectivity index (χ2v) is 13.3. The van der Waals surface area contributed by atoms with Gasteiger partial charge in [-0.2, -0.15) is 0 Å². The summed E-state index contributed by atoms with van der Waals surface area (Å²) >= 11 is 1.37. The SMILES string of the molecule is Cl.NC(=O)c1c(NC(=O)c2ccc(S(=O)(=O)N3CCCc4ccccc43)cc2)sc2c1CCN(Cc1ccccc1)C2. The molecule has 8 nitrogen and oxygen atoms in total. The number of hydrogen-bond donors (Lipinski definition) is 2. The van der Waals surface area contributed by atoms with E-state index in [0.29, 0.717) is 35.8 Å². The number of carbonyl (C=O) groups is 2. The smallest absolute Gasteiger partial charge is 0.264 e. The zero-order valence-electron chi connectivity index (χ0n) is 22.8. The van der Waals surface area contributed by atoms with Crippen LogP contribution >= 0.6 is 23.7 Å². The summed E-state index contributed by atoms with van der Waals surface area (Å²) in [5.41, 5.74) is 10.2. The number of halogens is 1. The average Bonchev–Trinajstić information content (AvgIpc) is 3.34. The molecule has 3 heterocycles. The van der Waals surface area contributed by atoms with Crippen molar-refractivity contribution >= 4 is 56.3 Å². The molecule has 0 radical (unpaired) electrons. The second-order valence-electron chi connectivity index (χ2n) is 10.3. The van der Waals surface area contributed by atoms with Gasteiger partial charge in [-0.25, -0.2) is 8.42 Å². The minimum Gasteiger partial charge on any atom is -0.365 e. The molecular formula is C31H31ClN4O4S2. The maximum absolute atomic E-state index is 13.5. The van der Waals surface area contributed by atoms with Crippen molar-refractivity contribution in [2.45, 2.75) is 37.2 Å². The fraction of sp³-hybridized carbons (Fsp3) is 0.226. The first-order chi connectivity index (χ1) is 19.8. The number of aryl methyl sites for hydroxylation is 1. The number of nitrogens with one attached hydrogen (secondary N) is 1. The summed E-state index contributed by atoms with van der Waals surface area (Å²) in [5, 5.41) is 3.29. The predicted octanol–water partition coefficient (Wildman–Crippen LogP) is 5.22. The number of thiophene rings is 1. The van der Waals surface area contributed by atoms with Crippen molar-refractivity contribution in [3.63, 3.8) is 0 Å². The third-order valence-corrected chi connectivity index (χ3v) is 10.6. The molecule has 218 valence electrons. The average molecular weight is 623 g/mol. The van der Waals surface area contributed by atoms with Gasteiger partial charge in [0.1, 0.15) is 5.00 Å². The first-order valence-electron chi connectivity index (χ1n) is 13.5. The van der Waals surface area contributed by atoms with Crippen LogP contribution in [0.25, 0.3) is 0 Å². The molecule has 0 bridgehead atoms. The lowest BCUT2D eigenvalue weighted by Crippen LogP contribution is -2.35. The number of fused-ring (bicyclic) bond motifs is 2. The molecule has 0 aliphatic carbocycles. The highest BCUT2D eigenvalue weighted by Crippen LogP contribution is 2.38. The topological polar surface area (TPSA) is 113 Å². The molecule has 0 atom stereocenters. The number of sulfonamides is 1. The van der Waals surface area contributed by atoms with Gasteiger partial charge in [0.2, 0.25) is 0 Å². The molecule has 2 amide bonds. The number of primary amides is 1. The van der Waals surface area contributed by atoms with Crippen molar-refractivity contribution in [3.8, 4) is 0 Å². The van der Waals surface area contributed by atoms with Crippen molar-refractivity contribution in [2.75, 3.05) is 22.7 Å². The Bertz CT molecular complexity index is 1720. The quantitative estimate of drug-likeness (QED) is 0.293. The Kier molecular flexibility index (Phi) is 8.70. The monoisotopic (exact) mass is 622 g/mol. The number of hydrogen-bond acceptors (Lipinski definition) is 6. The van der Waals surface area contributed by atoms with E-state index in [0.717, 1.165) is 41.9 Å². The van der Waals surface area contributed by atoms with Gasteiger partial charge >= 0.3 is 0 Å². The summed E-state index contributed by atoms with van der Waals surface area (Å²) in [6.07, 6.45) is 2.25. The van der Waals surface area contributed by atoms with Crippen LogP contribution in [-0.2, 0) is 36.0 Å². The van der Waals surface area contributed by atoms with Crippen LogP contribution in [-0.4, -0.2) is 38.2 Å². The number of amides is 2. The Morgan fingerprint density at radius 3 is 2.36 bits per heavy atom. The molecular weight excluding hydrogens is 592 g/mol. The van der Waals surface area contributed by atoms with Crippen LogP contribution in [0.1, 0.15) is 48.7 Å². The number of benzene rings is 3. The highest BCUT2D eigenvalue weighted by molar-refractivity contribution is 7.92. The van der Waals surface area contributed by atoms with E-state index >= 15 is 0 Å². The maximum atomic E-state index is 13.5. The van der Waals surface area contributed by atoms with Gasteiger partial charge in [-0.3, -0.25) is 18.8 Å². The standard InChI is InChI=1S/C31H30N4O4S2.ClH/c32-29(36)28-25-16-18-34(19-21-7-2-1-3-8-21)20-27(25)40-31(28)33-30(37)23-12-14-24(15-13-23)41(38,39)35-17-6-10-22-9-4-5-11-26(22)35;/h1-5,7-9,11-15H,6,10,16-20H2,(H2,32,36)(H,33,37);1H. The number of para-hydroxylation sites is 1. The van der Waals surface area contributed by atoms with E-state index in [2.05, 4.69) is 22.3 Å². The minimum absolute atomic E-state index is 0. The first-order valence-corrected chi connectivity index (χ1v) is 15.8. The van der Waals surface area contributed by atoms with Crippen LogP contribution in [0.2, 0.25) is 0 Å². The van der Waals surface area contributed by atoms with Crippen molar-refractivity contribution in [2.24, 2.45) is 5.73 Å². The van der Waals surface area contributed by atoms with E-state index in [4.69, 9.17) is 5.73 Å². The molecule has 1 aromatic heterocycles. The number of rotatable bonds is 7. The van der Waals surface area contributed by atoms with Crippen molar-refractivity contribution < 1.29 is 18.0 Å². The van der Waals surface area contributed by atoms with Gasteiger partial charge in [-0.1, -0.05) is 48.5 Å². The van der Waals surface area contributed by atoms with Crippen molar-refractivity contribution in [3.05, 3.63) is 112 Å². The van der Waals surface area contributed by atoms with Crippen LogP contribution in [0.15, 0.2) is 83.8 Å². The van der Waals surface area contributed by atoms with Crippen molar-refractivity contribution in [1.29, 1.82) is 0 Å². The molecule has 3 aromatic carbocycles. The Morgan fingerprint density at radius 1 is 0.905 bits per heavy atom. The zero-order chi connectivity index (χ0) is 28.6. The molecule has 3 N–H and O–H groups in total. The Labute approximate surface area is 255 Å². The molecule has 42 heavy (non-hydrogen) atoms. The summed E-state index contributed by atoms with van der Waals surface area (Å²) in [7, 11) is -3.79. The Balaban J connectivity index is 0.00000353. The van der Waals surface area contributed by atoms with Crippen LogP contribution in [0, 0.1) is 0 Å². The normalized spacial score (nSPS) is 14.8. The third kappa shape index (κ3) is 5.80. The Hall–Kier alpha value is -3.70. The molecule has 0 unspecified atom stereocenters. The molecule has 0 fully saturated rings. The molecule has 0 saturated carbocycles. The van der Waals surface area contributed by atoms with E-state index < -0.39 is 21.8 Å². The highest BCUT2D eigenvalue weighted by atomic mass is 35.5. The van der Waals surface area contributed by atoms with Crippen LogP contribution in [0.3, 0.4) is 0 Å². The molecule has 6 rings (SSSR count). The lowest BCUT2D eigenvalue weighted by molar-refractivity contribution is 0.0999. The van der Waals surface area contributed by atoms with Crippen LogP contribution in [0.5, 0.6) is 0 Å². The van der Waals surface area contributed by atoms with E-state index in [1.54, 1.807) is 0 Å². The summed E-state index contributed by atoms with van der Waals surface area (Å²) in [5.74, 6) is -1.00. The molecule has 2 aliphatic rings. The minimum atomic E-state index is -3.79. The summed E-state index contributed by atoms with van der Waals surface area (Å²) in [6, 6.07) is 23.6. The van der Waals surface area contributed by atoms with Crippen LogP contribution < -0.4 is 15.4 Å². The lowest BCUT2D eigenvalue weighted by Gasteiger charge is -2.30. The van der Waals surface area contributed by atoms with E-state index in [1.165, 1.54) is 45.5 Å². The van der Waals surface area contributed by atoms with Gasteiger partial charge in [-0.05, 0) is 66.3 Å². The van der Waals surface area contributed by atoms with Gasteiger partial charge in [0, 0.05) is 36.6 Å².